The summed E-state index contributed by atoms with van der Waals surface area (Å²) in [5.41, 5.74) is 8.72. The monoisotopic (exact) mass is 236 g/mol. The van der Waals surface area contributed by atoms with Gasteiger partial charge in [-0.3, -0.25) is 10.4 Å². The van der Waals surface area contributed by atoms with E-state index < -0.39 is 6.09 Å². The van der Waals surface area contributed by atoms with Crippen LogP contribution in [0.5, 0.6) is 5.75 Å². The van der Waals surface area contributed by atoms with Crippen molar-refractivity contribution >= 4 is 11.8 Å². The first-order valence-corrected chi connectivity index (χ1v) is 5.68. The lowest BCUT2D eigenvalue weighted by atomic mass is 10.2. The van der Waals surface area contributed by atoms with Gasteiger partial charge in [0, 0.05) is 19.3 Å². The molecule has 0 bridgehead atoms. The number of nitrogens with two attached hydrogens (primary N) is 1. The molecule has 1 aliphatic rings. The van der Waals surface area contributed by atoms with Gasteiger partial charge in [0.1, 0.15) is 0 Å². The molecule has 0 aromatic carbocycles. The Bertz CT molecular complexity index is 391. The van der Waals surface area contributed by atoms with Gasteiger partial charge in [-0.2, -0.15) is 0 Å². The molecule has 6 nitrogen and oxygen atoms in total. The lowest BCUT2D eigenvalue weighted by Crippen LogP contribution is -2.46. The largest absolute Gasteiger partial charge is 0.427 e. The fraction of sp³-hybridized carbons (Fsp3) is 0.455. The number of pyridine rings is 1. The van der Waals surface area contributed by atoms with Crippen LogP contribution in [0.1, 0.15) is 19.3 Å². The fourth-order valence-electron chi connectivity index (χ4n) is 1.73. The van der Waals surface area contributed by atoms with E-state index >= 15 is 0 Å². The number of amides is 1. The lowest BCUT2D eigenvalue weighted by molar-refractivity contribution is 0.129. The summed E-state index contributed by atoms with van der Waals surface area (Å²) in [6, 6.07) is 1.59. The van der Waals surface area contributed by atoms with E-state index in [2.05, 4.69) is 10.4 Å². The van der Waals surface area contributed by atoms with E-state index in [9.17, 15) is 4.79 Å². The van der Waals surface area contributed by atoms with Crippen molar-refractivity contribution in [2.45, 2.75) is 19.3 Å². The van der Waals surface area contributed by atoms with Crippen LogP contribution in [0, 0.1) is 0 Å². The lowest BCUT2D eigenvalue weighted by Gasteiger charge is -2.26. The van der Waals surface area contributed by atoms with Crippen LogP contribution in [0.2, 0.25) is 0 Å². The van der Waals surface area contributed by atoms with Crippen LogP contribution in [-0.4, -0.2) is 29.2 Å². The third-order valence-electron chi connectivity index (χ3n) is 2.62. The van der Waals surface area contributed by atoms with Crippen molar-refractivity contribution in [3.05, 3.63) is 18.5 Å². The molecular weight excluding hydrogens is 220 g/mol. The molecule has 6 heteroatoms. The van der Waals surface area contributed by atoms with Gasteiger partial charge >= 0.3 is 6.09 Å². The third kappa shape index (κ3) is 3.32. The van der Waals surface area contributed by atoms with E-state index in [1.165, 1.54) is 12.6 Å². The summed E-state index contributed by atoms with van der Waals surface area (Å²) >= 11 is 0. The van der Waals surface area contributed by atoms with Crippen molar-refractivity contribution in [1.29, 1.82) is 0 Å². The average Bonchev–Trinajstić information content (AvgIpc) is 2.33. The highest BCUT2D eigenvalue weighted by Gasteiger charge is 2.14. The second-order valence-corrected chi connectivity index (χ2v) is 3.96. The number of nitrogens with zero attached hydrogens (tertiary/aromatic N) is 2. The number of carbonyl (C=O) groups excluding carboxylic acids is 1. The minimum Gasteiger partial charge on any atom is -0.406 e. The van der Waals surface area contributed by atoms with Crippen LogP contribution in [-0.2, 0) is 0 Å². The van der Waals surface area contributed by atoms with Crippen LogP contribution in [0.3, 0.4) is 0 Å². The van der Waals surface area contributed by atoms with Gasteiger partial charge in [0.15, 0.2) is 5.75 Å². The number of aromatic nitrogens is 1. The Hall–Kier alpha value is -1.82. The smallest absolute Gasteiger partial charge is 0.406 e. The van der Waals surface area contributed by atoms with Gasteiger partial charge in [-0.05, 0) is 18.9 Å². The summed E-state index contributed by atoms with van der Waals surface area (Å²) < 4.78 is 5.07. The van der Waals surface area contributed by atoms with Crippen molar-refractivity contribution in [3.8, 4) is 5.75 Å². The predicted molar refractivity (Wildman–Crippen MR) is 63.2 cm³/mol. The fourth-order valence-corrected chi connectivity index (χ4v) is 1.73. The highest BCUT2D eigenvalue weighted by atomic mass is 16.6. The topological polar surface area (TPSA) is 80.5 Å². The SMILES string of the molecule is Nc1ccncc1OC(=O)NN1CCCCC1. The number of nitrogens with one attached hydrogen (secondary N) is 1. The highest BCUT2D eigenvalue weighted by Crippen LogP contribution is 2.18. The van der Waals surface area contributed by atoms with Gasteiger partial charge in [-0.15, -0.1) is 0 Å². The van der Waals surface area contributed by atoms with Gasteiger partial charge in [0.2, 0.25) is 0 Å². The van der Waals surface area contributed by atoms with Crippen molar-refractivity contribution < 1.29 is 9.53 Å². The zero-order chi connectivity index (χ0) is 12.1. The molecule has 0 unspecified atom stereocenters. The average molecular weight is 236 g/mol. The van der Waals surface area contributed by atoms with Gasteiger partial charge in [0.05, 0.1) is 11.9 Å². The quantitative estimate of drug-likeness (QED) is 0.805. The molecule has 3 N–H and O–H groups in total. The van der Waals surface area contributed by atoms with Gasteiger partial charge in [0.25, 0.3) is 0 Å². The Morgan fingerprint density at radius 1 is 1.41 bits per heavy atom. The Balaban J connectivity index is 1.86. The second kappa shape index (κ2) is 5.49. The molecule has 1 amide bonds. The van der Waals surface area contributed by atoms with Crippen LogP contribution in [0.15, 0.2) is 18.5 Å². The molecule has 17 heavy (non-hydrogen) atoms. The summed E-state index contributed by atoms with van der Waals surface area (Å²) in [7, 11) is 0. The molecule has 1 aromatic rings. The molecule has 92 valence electrons. The standard InChI is InChI=1S/C11H16N4O2/c12-9-4-5-13-8-10(9)17-11(16)14-15-6-2-1-3-7-15/h4-5,8H,1-3,6-7H2,(H2,12,13)(H,14,16). The molecule has 1 aromatic heterocycles. The predicted octanol–water partition coefficient (Wildman–Crippen LogP) is 1.15. The number of ether oxygens (including phenoxy) is 1. The van der Waals surface area contributed by atoms with Gasteiger partial charge in [-0.1, -0.05) is 6.42 Å². The first kappa shape index (κ1) is 11.7. The third-order valence-corrected chi connectivity index (χ3v) is 2.62. The molecule has 0 atom stereocenters. The van der Waals surface area contributed by atoms with Gasteiger partial charge in [-0.25, -0.2) is 9.80 Å². The molecule has 1 fully saturated rings. The molecule has 2 rings (SSSR count). The van der Waals surface area contributed by atoms with E-state index in [1.54, 1.807) is 12.3 Å². The Morgan fingerprint density at radius 2 is 2.18 bits per heavy atom. The minimum absolute atomic E-state index is 0.280. The first-order valence-electron chi connectivity index (χ1n) is 5.68. The molecule has 0 aliphatic carbocycles. The maximum absolute atomic E-state index is 11.6. The van der Waals surface area contributed by atoms with Crippen LogP contribution < -0.4 is 15.9 Å². The molecule has 2 heterocycles. The summed E-state index contributed by atoms with van der Waals surface area (Å²) in [5, 5.41) is 1.86. The number of hydrogen-bond acceptors (Lipinski definition) is 5. The maximum Gasteiger partial charge on any atom is 0.427 e. The Morgan fingerprint density at radius 3 is 2.88 bits per heavy atom. The highest BCUT2D eigenvalue weighted by molar-refractivity contribution is 5.71. The van der Waals surface area contributed by atoms with E-state index in [-0.39, 0.29) is 5.75 Å². The second-order valence-electron chi connectivity index (χ2n) is 3.96. The number of hydrazine groups is 1. The number of nitrogen functional groups attached to an aromatic ring is 1. The number of anilines is 1. The molecular formula is C11H16N4O2. The van der Waals surface area contributed by atoms with Crippen molar-refractivity contribution in [3.63, 3.8) is 0 Å². The molecule has 1 saturated heterocycles. The van der Waals surface area contributed by atoms with Gasteiger partial charge < -0.3 is 10.5 Å². The van der Waals surface area contributed by atoms with Crippen molar-refractivity contribution in [2.75, 3.05) is 18.8 Å². The molecule has 0 spiro atoms. The summed E-state index contributed by atoms with van der Waals surface area (Å²) in [4.78, 5) is 15.4. The summed E-state index contributed by atoms with van der Waals surface area (Å²) in [5.74, 6) is 0.280. The Kier molecular flexibility index (Phi) is 3.77. The summed E-state index contributed by atoms with van der Waals surface area (Å²) in [6.45, 7) is 1.72. The Labute approximate surface area is 99.7 Å². The van der Waals surface area contributed by atoms with Crippen LogP contribution >= 0.6 is 0 Å². The van der Waals surface area contributed by atoms with E-state index in [0.717, 1.165) is 25.9 Å². The zero-order valence-corrected chi connectivity index (χ0v) is 9.56. The number of hydrogen-bond donors (Lipinski definition) is 2. The van der Waals surface area contributed by atoms with E-state index in [4.69, 9.17) is 10.5 Å². The first-order chi connectivity index (χ1) is 8.25. The van der Waals surface area contributed by atoms with Crippen molar-refractivity contribution in [1.82, 2.24) is 15.4 Å². The normalized spacial score (nSPS) is 16.5. The molecule has 1 aliphatic heterocycles. The maximum atomic E-state index is 11.6. The number of rotatable bonds is 2. The number of piperidine rings is 1. The number of carbonyl (C=O) groups is 1. The minimum atomic E-state index is -0.522. The molecule has 0 radical (unpaired) electrons. The zero-order valence-electron chi connectivity index (χ0n) is 9.56. The van der Waals surface area contributed by atoms with Crippen molar-refractivity contribution in [2.24, 2.45) is 0 Å². The van der Waals surface area contributed by atoms with Crippen LogP contribution in [0.4, 0.5) is 10.5 Å². The summed E-state index contributed by atoms with van der Waals surface area (Å²) in [6.07, 6.45) is 5.84. The van der Waals surface area contributed by atoms with E-state index in [0.29, 0.717) is 5.69 Å². The van der Waals surface area contributed by atoms with E-state index in [1.807, 2.05) is 5.01 Å². The van der Waals surface area contributed by atoms with Crippen LogP contribution in [0.25, 0.3) is 0 Å². The molecule has 0 saturated carbocycles.